The Morgan fingerprint density at radius 3 is 2.50 bits per heavy atom. The molecule has 1 aromatic carbocycles. The molecule has 0 saturated heterocycles. The molecule has 0 unspecified atom stereocenters. The third kappa shape index (κ3) is 5.28. The third-order valence-electron chi connectivity index (χ3n) is 4.43. The first kappa shape index (κ1) is 17.9. The molecule has 1 fully saturated rings. The Labute approximate surface area is 153 Å². The van der Waals surface area contributed by atoms with E-state index in [9.17, 15) is 9.59 Å². The zero-order valence-corrected chi connectivity index (χ0v) is 14.7. The second-order valence-electron chi connectivity index (χ2n) is 6.47. The molecule has 2 aromatic rings. The molecule has 0 bridgehead atoms. The number of amides is 2. The van der Waals surface area contributed by atoms with Gasteiger partial charge in [0.15, 0.2) is 0 Å². The standard InChI is InChI=1S/C21H23N3O2/c25-20(13-16-5-2-1-3-6-16)24-19-10-8-17(9-11-19)14-23-21(26)18-7-4-12-22-15-18/h4,7-13,15H,1-3,5-6,14H2,(H,23,26)(H,24,25). The van der Waals surface area contributed by atoms with Crippen LogP contribution in [0.4, 0.5) is 5.69 Å². The molecule has 134 valence electrons. The molecule has 2 N–H and O–H groups in total. The zero-order chi connectivity index (χ0) is 18.2. The first-order chi connectivity index (χ1) is 12.7. The monoisotopic (exact) mass is 349 g/mol. The van der Waals surface area contributed by atoms with Crippen LogP contribution in [0.2, 0.25) is 0 Å². The Bertz CT molecular complexity index is 775. The number of allylic oxidation sites excluding steroid dienone is 1. The third-order valence-corrected chi connectivity index (χ3v) is 4.43. The highest BCUT2D eigenvalue weighted by Gasteiger charge is 2.08. The maximum atomic E-state index is 12.1. The Morgan fingerprint density at radius 1 is 1.04 bits per heavy atom. The Morgan fingerprint density at radius 2 is 1.81 bits per heavy atom. The van der Waals surface area contributed by atoms with Gasteiger partial charge in [0.25, 0.3) is 5.91 Å². The van der Waals surface area contributed by atoms with Gasteiger partial charge in [0.2, 0.25) is 5.91 Å². The molecule has 2 amide bonds. The summed E-state index contributed by atoms with van der Waals surface area (Å²) < 4.78 is 0. The number of nitrogens with one attached hydrogen (secondary N) is 2. The topological polar surface area (TPSA) is 71.1 Å². The zero-order valence-electron chi connectivity index (χ0n) is 14.7. The van der Waals surface area contributed by atoms with Crippen molar-refractivity contribution < 1.29 is 9.59 Å². The molecule has 1 aliphatic carbocycles. The average molecular weight is 349 g/mol. The number of pyridine rings is 1. The first-order valence-corrected chi connectivity index (χ1v) is 8.98. The van der Waals surface area contributed by atoms with Gasteiger partial charge < -0.3 is 10.6 Å². The summed E-state index contributed by atoms with van der Waals surface area (Å²) in [6.07, 6.45) is 10.6. The maximum Gasteiger partial charge on any atom is 0.253 e. The lowest BCUT2D eigenvalue weighted by atomic mass is 9.94. The molecule has 1 heterocycles. The average Bonchev–Trinajstić information content (AvgIpc) is 2.68. The SMILES string of the molecule is O=C(C=C1CCCCC1)Nc1ccc(CNC(=O)c2cccnc2)cc1. The quantitative estimate of drug-likeness (QED) is 0.806. The van der Waals surface area contributed by atoms with E-state index in [4.69, 9.17) is 0 Å². The van der Waals surface area contributed by atoms with Crippen molar-refractivity contribution in [1.82, 2.24) is 10.3 Å². The van der Waals surface area contributed by atoms with Crippen molar-refractivity contribution in [2.45, 2.75) is 38.6 Å². The fourth-order valence-corrected chi connectivity index (χ4v) is 3.00. The van der Waals surface area contributed by atoms with E-state index < -0.39 is 0 Å². The van der Waals surface area contributed by atoms with E-state index >= 15 is 0 Å². The van der Waals surface area contributed by atoms with E-state index in [1.54, 1.807) is 24.4 Å². The van der Waals surface area contributed by atoms with E-state index in [-0.39, 0.29) is 11.8 Å². The predicted octanol–water partition coefficient (Wildman–Crippen LogP) is 3.84. The summed E-state index contributed by atoms with van der Waals surface area (Å²) in [7, 11) is 0. The lowest BCUT2D eigenvalue weighted by molar-refractivity contribution is -0.112. The summed E-state index contributed by atoms with van der Waals surface area (Å²) in [5.74, 6) is -0.228. The van der Waals surface area contributed by atoms with Crippen LogP contribution in [0.5, 0.6) is 0 Å². The second-order valence-corrected chi connectivity index (χ2v) is 6.47. The molecular weight excluding hydrogens is 326 g/mol. The summed E-state index contributed by atoms with van der Waals surface area (Å²) >= 11 is 0. The molecule has 0 atom stereocenters. The van der Waals surface area contributed by atoms with Crippen LogP contribution >= 0.6 is 0 Å². The number of benzene rings is 1. The summed E-state index contributed by atoms with van der Waals surface area (Å²) in [6, 6.07) is 10.9. The van der Waals surface area contributed by atoms with Crippen LogP contribution in [0.1, 0.15) is 48.0 Å². The van der Waals surface area contributed by atoms with Crippen molar-refractivity contribution in [2.75, 3.05) is 5.32 Å². The highest BCUT2D eigenvalue weighted by Crippen LogP contribution is 2.22. The lowest BCUT2D eigenvalue weighted by Crippen LogP contribution is -2.22. The number of carbonyl (C=O) groups is 2. The molecule has 0 spiro atoms. The van der Waals surface area contributed by atoms with Gasteiger partial charge in [-0.3, -0.25) is 14.6 Å². The number of hydrogen-bond donors (Lipinski definition) is 2. The summed E-state index contributed by atoms with van der Waals surface area (Å²) in [5.41, 5.74) is 3.49. The fourth-order valence-electron chi connectivity index (χ4n) is 3.00. The number of nitrogens with zero attached hydrogens (tertiary/aromatic N) is 1. The van der Waals surface area contributed by atoms with Gasteiger partial charge in [-0.05, 0) is 55.5 Å². The van der Waals surface area contributed by atoms with Crippen molar-refractivity contribution in [3.63, 3.8) is 0 Å². The summed E-state index contributed by atoms with van der Waals surface area (Å²) in [5, 5.41) is 5.75. The normalized spacial score (nSPS) is 13.8. The molecule has 1 aromatic heterocycles. The smallest absolute Gasteiger partial charge is 0.253 e. The van der Waals surface area contributed by atoms with Crippen molar-refractivity contribution in [1.29, 1.82) is 0 Å². The predicted molar refractivity (Wildman–Crippen MR) is 102 cm³/mol. The minimum Gasteiger partial charge on any atom is -0.348 e. The second kappa shape index (κ2) is 8.94. The van der Waals surface area contributed by atoms with Gasteiger partial charge in [0, 0.05) is 30.7 Å². The van der Waals surface area contributed by atoms with Crippen LogP contribution < -0.4 is 10.6 Å². The van der Waals surface area contributed by atoms with E-state index in [0.717, 1.165) is 24.1 Å². The molecule has 3 rings (SSSR count). The van der Waals surface area contributed by atoms with E-state index in [1.807, 2.05) is 24.3 Å². The molecular formula is C21H23N3O2. The highest BCUT2D eigenvalue weighted by molar-refractivity contribution is 5.99. The maximum absolute atomic E-state index is 12.1. The van der Waals surface area contributed by atoms with Crippen LogP contribution in [0.15, 0.2) is 60.4 Å². The highest BCUT2D eigenvalue weighted by atomic mass is 16.2. The van der Waals surface area contributed by atoms with Crippen LogP contribution in [-0.4, -0.2) is 16.8 Å². The van der Waals surface area contributed by atoms with Gasteiger partial charge in [-0.1, -0.05) is 24.1 Å². The van der Waals surface area contributed by atoms with Crippen LogP contribution in [0, 0.1) is 0 Å². The summed E-state index contributed by atoms with van der Waals surface area (Å²) in [4.78, 5) is 28.0. The van der Waals surface area contributed by atoms with Crippen LogP contribution in [-0.2, 0) is 11.3 Å². The van der Waals surface area contributed by atoms with Gasteiger partial charge >= 0.3 is 0 Å². The van der Waals surface area contributed by atoms with Gasteiger partial charge in [-0.2, -0.15) is 0 Å². The van der Waals surface area contributed by atoms with E-state index in [0.29, 0.717) is 12.1 Å². The van der Waals surface area contributed by atoms with Gasteiger partial charge in [-0.15, -0.1) is 0 Å². The van der Waals surface area contributed by atoms with E-state index in [2.05, 4.69) is 15.6 Å². The van der Waals surface area contributed by atoms with Crippen LogP contribution in [0.3, 0.4) is 0 Å². The van der Waals surface area contributed by atoms with Crippen molar-refractivity contribution >= 4 is 17.5 Å². The van der Waals surface area contributed by atoms with E-state index in [1.165, 1.54) is 31.0 Å². The molecule has 26 heavy (non-hydrogen) atoms. The van der Waals surface area contributed by atoms with Crippen molar-refractivity contribution in [2.24, 2.45) is 0 Å². The Hall–Kier alpha value is -2.95. The number of rotatable bonds is 5. The van der Waals surface area contributed by atoms with Crippen LogP contribution in [0.25, 0.3) is 0 Å². The number of hydrogen-bond acceptors (Lipinski definition) is 3. The minimum absolute atomic E-state index is 0.0699. The molecule has 0 aliphatic heterocycles. The largest absolute Gasteiger partial charge is 0.348 e. The Balaban J connectivity index is 1.50. The minimum atomic E-state index is -0.158. The van der Waals surface area contributed by atoms with Crippen molar-refractivity contribution in [3.05, 3.63) is 71.6 Å². The van der Waals surface area contributed by atoms with Gasteiger partial charge in [-0.25, -0.2) is 0 Å². The number of carbonyl (C=O) groups excluding carboxylic acids is 2. The molecule has 1 aliphatic rings. The lowest BCUT2D eigenvalue weighted by Gasteiger charge is -2.13. The molecule has 5 nitrogen and oxygen atoms in total. The number of aromatic nitrogens is 1. The first-order valence-electron chi connectivity index (χ1n) is 8.98. The van der Waals surface area contributed by atoms with Gasteiger partial charge in [0.1, 0.15) is 0 Å². The molecule has 0 radical (unpaired) electrons. The fraction of sp³-hybridized carbons (Fsp3) is 0.286. The van der Waals surface area contributed by atoms with Gasteiger partial charge in [0.05, 0.1) is 5.56 Å². The van der Waals surface area contributed by atoms with Crippen molar-refractivity contribution in [3.8, 4) is 0 Å². The molecule has 5 heteroatoms. The Kier molecular flexibility index (Phi) is 6.14. The number of anilines is 1. The summed E-state index contributed by atoms with van der Waals surface area (Å²) in [6.45, 7) is 0.423. The molecule has 1 saturated carbocycles.